The molecule has 2 amide bonds. The highest BCUT2D eigenvalue weighted by molar-refractivity contribution is 6.35. The van der Waals surface area contributed by atoms with E-state index in [0.717, 1.165) is 11.1 Å². The Balaban J connectivity index is 1.52. The lowest BCUT2D eigenvalue weighted by atomic mass is 9.95. The molecule has 2 aromatic carbocycles. The van der Waals surface area contributed by atoms with Crippen molar-refractivity contribution in [2.45, 2.75) is 26.0 Å². The lowest BCUT2D eigenvalue weighted by Crippen LogP contribution is -2.45. The third kappa shape index (κ3) is 4.57. The summed E-state index contributed by atoms with van der Waals surface area (Å²) < 4.78 is 10.5. The van der Waals surface area contributed by atoms with Gasteiger partial charge in [-0.15, -0.1) is 0 Å². The maximum atomic E-state index is 12.0. The molecule has 0 aromatic heterocycles. The molecule has 0 fully saturated rings. The average Bonchev–Trinajstić information content (AvgIpc) is 3.13. The topological polar surface area (TPSA) is 96.9 Å². The molecule has 0 bridgehead atoms. The van der Waals surface area contributed by atoms with Crippen molar-refractivity contribution in [3.8, 4) is 11.5 Å². The van der Waals surface area contributed by atoms with Gasteiger partial charge in [0.1, 0.15) is 5.60 Å². The van der Waals surface area contributed by atoms with Crippen LogP contribution in [-0.2, 0) is 21.7 Å². The third-order valence-corrected chi connectivity index (χ3v) is 4.37. The van der Waals surface area contributed by atoms with Crippen LogP contribution in [0.15, 0.2) is 42.5 Å². The minimum absolute atomic E-state index is 0.122. The summed E-state index contributed by atoms with van der Waals surface area (Å²) >= 11 is 0. The molecule has 0 aliphatic carbocycles. The molecule has 1 atom stereocenters. The van der Waals surface area contributed by atoms with Crippen molar-refractivity contribution in [1.82, 2.24) is 10.6 Å². The first kappa shape index (κ1) is 18.7. The fraction of sp³-hybridized carbons (Fsp3) is 0.300. The zero-order valence-corrected chi connectivity index (χ0v) is 15.2. The predicted molar refractivity (Wildman–Crippen MR) is 98.2 cm³/mol. The van der Waals surface area contributed by atoms with Gasteiger partial charge >= 0.3 is 11.8 Å². The number of hydrogen-bond donors (Lipinski definition) is 3. The Morgan fingerprint density at radius 2 is 1.70 bits per heavy atom. The number of fused-ring (bicyclic) bond motifs is 1. The molecule has 7 heteroatoms. The van der Waals surface area contributed by atoms with Crippen molar-refractivity contribution in [1.29, 1.82) is 0 Å². The minimum Gasteiger partial charge on any atom is -0.454 e. The molecule has 0 saturated heterocycles. The van der Waals surface area contributed by atoms with Gasteiger partial charge in [0, 0.05) is 6.54 Å². The largest absolute Gasteiger partial charge is 0.454 e. The lowest BCUT2D eigenvalue weighted by Gasteiger charge is -2.24. The zero-order chi connectivity index (χ0) is 19.4. The molecule has 2 aromatic rings. The first-order valence-corrected chi connectivity index (χ1v) is 8.59. The van der Waals surface area contributed by atoms with E-state index in [0.29, 0.717) is 17.1 Å². The monoisotopic (exact) mass is 370 g/mol. The van der Waals surface area contributed by atoms with Crippen LogP contribution in [0.25, 0.3) is 0 Å². The summed E-state index contributed by atoms with van der Waals surface area (Å²) in [4.78, 5) is 24.0. The summed E-state index contributed by atoms with van der Waals surface area (Å²) in [6.07, 6.45) is 0. The highest BCUT2D eigenvalue weighted by Crippen LogP contribution is 2.35. The number of carbonyl (C=O) groups excluding carboxylic acids is 2. The summed E-state index contributed by atoms with van der Waals surface area (Å²) in [5.41, 5.74) is 1.20. The van der Waals surface area contributed by atoms with Crippen molar-refractivity contribution < 1.29 is 24.2 Å². The number of ether oxygens (including phenoxy) is 2. The van der Waals surface area contributed by atoms with Gasteiger partial charge in [0.2, 0.25) is 6.79 Å². The molecular weight excluding hydrogens is 348 g/mol. The Labute approximate surface area is 157 Å². The van der Waals surface area contributed by atoms with Crippen LogP contribution in [0.3, 0.4) is 0 Å². The smallest absolute Gasteiger partial charge is 0.309 e. The van der Waals surface area contributed by atoms with E-state index >= 15 is 0 Å². The number of hydrogen-bond acceptors (Lipinski definition) is 5. The third-order valence-electron chi connectivity index (χ3n) is 4.37. The highest BCUT2D eigenvalue weighted by atomic mass is 16.7. The molecule has 142 valence electrons. The van der Waals surface area contributed by atoms with E-state index in [1.165, 1.54) is 0 Å². The van der Waals surface area contributed by atoms with Crippen LogP contribution in [0, 0.1) is 6.92 Å². The van der Waals surface area contributed by atoms with Gasteiger partial charge in [-0.25, -0.2) is 0 Å². The van der Waals surface area contributed by atoms with Crippen molar-refractivity contribution in [2.75, 3.05) is 13.3 Å². The first-order chi connectivity index (χ1) is 12.8. The van der Waals surface area contributed by atoms with Gasteiger partial charge in [-0.3, -0.25) is 9.59 Å². The van der Waals surface area contributed by atoms with Gasteiger partial charge in [-0.2, -0.15) is 0 Å². The van der Waals surface area contributed by atoms with E-state index in [4.69, 9.17) is 9.47 Å². The summed E-state index contributed by atoms with van der Waals surface area (Å²) in [5.74, 6) is -0.413. The fourth-order valence-corrected chi connectivity index (χ4v) is 2.63. The molecular formula is C20H22N2O5. The van der Waals surface area contributed by atoms with Crippen LogP contribution in [-0.4, -0.2) is 30.3 Å². The maximum absolute atomic E-state index is 12.0. The van der Waals surface area contributed by atoms with E-state index in [9.17, 15) is 14.7 Å². The van der Waals surface area contributed by atoms with E-state index < -0.39 is 17.4 Å². The summed E-state index contributed by atoms with van der Waals surface area (Å²) in [5, 5.41) is 15.7. The van der Waals surface area contributed by atoms with Crippen LogP contribution >= 0.6 is 0 Å². The summed E-state index contributed by atoms with van der Waals surface area (Å²) in [6.45, 7) is 3.80. The van der Waals surface area contributed by atoms with Gasteiger partial charge in [0.25, 0.3) is 0 Å². The predicted octanol–water partition coefficient (Wildman–Crippen LogP) is 1.36. The number of aliphatic hydroxyl groups is 1. The Kier molecular flexibility index (Phi) is 5.32. The average molecular weight is 370 g/mol. The Hall–Kier alpha value is -3.06. The number of carbonyl (C=O) groups is 2. The van der Waals surface area contributed by atoms with Crippen molar-refractivity contribution in [3.63, 3.8) is 0 Å². The fourth-order valence-electron chi connectivity index (χ4n) is 2.63. The standard InChI is InChI=1S/C20H22N2O5/c1-13-3-5-14(6-4-13)10-21-18(23)19(24)22-11-20(2,25)15-7-8-16-17(9-15)27-12-26-16/h3-9,25H,10-12H2,1-2H3,(H,21,23)(H,22,24). The molecule has 27 heavy (non-hydrogen) atoms. The summed E-state index contributed by atoms with van der Waals surface area (Å²) in [7, 11) is 0. The van der Waals surface area contributed by atoms with Crippen molar-refractivity contribution in [2.24, 2.45) is 0 Å². The normalized spacial score (nSPS) is 14.3. The Bertz CT molecular complexity index is 846. The molecule has 0 spiro atoms. The van der Waals surface area contributed by atoms with E-state index in [2.05, 4.69) is 10.6 Å². The number of amides is 2. The van der Waals surface area contributed by atoms with E-state index in [1.54, 1.807) is 25.1 Å². The van der Waals surface area contributed by atoms with Gasteiger partial charge < -0.3 is 25.2 Å². The molecule has 3 N–H and O–H groups in total. The molecule has 7 nitrogen and oxygen atoms in total. The van der Waals surface area contributed by atoms with Gasteiger partial charge in [-0.05, 0) is 37.1 Å². The molecule has 3 rings (SSSR count). The molecule has 1 aliphatic rings. The quantitative estimate of drug-likeness (QED) is 0.691. The molecule has 0 saturated carbocycles. The SMILES string of the molecule is Cc1ccc(CNC(=O)C(=O)NCC(C)(O)c2ccc3c(c2)OCO3)cc1. The lowest BCUT2D eigenvalue weighted by molar-refractivity contribution is -0.139. The second-order valence-electron chi connectivity index (χ2n) is 6.69. The molecule has 1 heterocycles. The van der Waals surface area contributed by atoms with Gasteiger partial charge in [0.05, 0.1) is 6.54 Å². The Morgan fingerprint density at radius 1 is 1.04 bits per heavy atom. The molecule has 0 radical (unpaired) electrons. The zero-order valence-electron chi connectivity index (χ0n) is 15.2. The number of nitrogens with one attached hydrogen (secondary N) is 2. The van der Waals surface area contributed by atoms with Crippen molar-refractivity contribution in [3.05, 3.63) is 59.2 Å². The second-order valence-corrected chi connectivity index (χ2v) is 6.69. The van der Waals surface area contributed by atoms with Gasteiger partial charge in [-0.1, -0.05) is 35.9 Å². The van der Waals surface area contributed by atoms with Crippen LogP contribution in [0.5, 0.6) is 11.5 Å². The van der Waals surface area contributed by atoms with E-state index in [1.807, 2.05) is 31.2 Å². The number of rotatable bonds is 5. The summed E-state index contributed by atoms with van der Waals surface area (Å²) in [6, 6.07) is 12.7. The van der Waals surface area contributed by atoms with Crippen LogP contribution < -0.4 is 20.1 Å². The number of benzene rings is 2. The van der Waals surface area contributed by atoms with E-state index in [-0.39, 0.29) is 19.9 Å². The second kappa shape index (κ2) is 7.67. The highest BCUT2D eigenvalue weighted by Gasteiger charge is 2.27. The maximum Gasteiger partial charge on any atom is 0.309 e. The molecule has 1 aliphatic heterocycles. The van der Waals surface area contributed by atoms with Crippen molar-refractivity contribution >= 4 is 11.8 Å². The Morgan fingerprint density at radius 3 is 2.44 bits per heavy atom. The minimum atomic E-state index is -1.37. The van der Waals surface area contributed by atoms with Crippen LogP contribution in [0.2, 0.25) is 0 Å². The van der Waals surface area contributed by atoms with Crippen LogP contribution in [0.4, 0.5) is 0 Å². The van der Waals surface area contributed by atoms with Crippen LogP contribution in [0.1, 0.15) is 23.6 Å². The number of aryl methyl sites for hydroxylation is 1. The first-order valence-electron chi connectivity index (χ1n) is 8.59. The molecule has 1 unspecified atom stereocenters. The van der Waals surface area contributed by atoms with Gasteiger partial charge in [0.15, 0.2) is 11.5 Å².